The monoisotopic (exact) mass is 359 g/mol. The van der Waals surface area contributed by atoms with Crippen LogP contribution >= 0.6 is 0 Å². The van der Waals surface area contributed by atoms with Crippen LogP contribution in [-0.4, -0.2) is 18.2 Å². The fourth-order valence-corrected chi connectivity index (χ4v) is 4.21. The number of rotatable bonds is 4. The molecule has 0 spiro atoms. The lowest BCUT2D eigenvalue weighted by molar-refractivity contribution is 0.600. The Hall–Kier alpha value is -2.67. The number of nitrogens with one attached hydrogen (secondary N) is 1. The molecule has 0 amide bonds. The number of nitrogens with zero attached hydrogens (tertiary/aromatic N) is 2. The molecule has 0 unspecified atom stereocenters. The van der Waals surface area contributed by atoms with Gasteiger partial charge in [-0.1, -0.05) is 12.1 Å². The van der Waals surface area contributed by atoms with Gasteiger partial charge in [-0.15, -0.1) is 0 Å². The summed E-state index contributed by atoms with van der Waals surface area (Å²) in [5, 5.41) is 4.31. The van der Waals surface area contributed by atoms with E-state index in [9.17, 15) is 12.8 Å². The van der Waals surface area contributed by atoms with Crippen molar-refractivity contribution < 1.29 is 12.8 Å². The first kappa shape index (κ1) is 17.2. The van der Waals surface area contributed by atoms with E-state index >= 15 is 0 Å². The van der Waals surface area contributed by atoms with Gasteiger partial charge in [-0.05, 0) is 62.7 Å². The van der Waals surface area contributed by atoms with Crippen molar-refractivity contribution >= 4 is 15.7 Å². The maximum absolute atomic E-state index is 13.1. The number of anilines is 1. The summed E-state index contributed by atoms with van der Waals surface area (Å²) in [5.74, 6) is -0.362. The number of halogens is 1. The number of sulfonamides is 1. The lowest BCUT2D eigenvalue weighted by Gasteiger charge is -2.09. The van der Waals surface area contributed by atoms with E-state index in [1.54, 1.807) is 44.2 Å². The van der Waals surface area contributed by atoms with Crippen LogP contribution < -0.4 is 4.72 Å². The zero-order valence-electron chi connectivity index (χ0n) is 14.1. The zero-order valence-corrected chi connectivity index (χ0v) is 14.9. The van der Waals surface area contributed by atoms with Crippen LogP contribution in [0.3, 0.4) is 0 Å². The summed E-state index contributed by atoms with van der Waals surface area (Å²) in [4.78, 5) is 0.123. The molecule has 0 bridgehead atoms. The van der Waals surface area contributed by atoms with Crippen LogP contribution in [0.1, 0.15) is 17.0 Å². The maximum atomic E-state index is 13.1. The third-order valence-corrected chi connectivity index (χ3v) is 5.47. The normalized spacial score (nSPS) is 11.5. The van der Waals surface area contributed by atoms with Crippen molar-refractivity contribution in [3.8, 4) is 5.69 Å². The van der Waals surface area contributed by atoms with Gasteiger partial charge < -0.3 is 0 Å². The molecule has 3 rings (SSSR count). The second-order valence-corrected chi connectivity index (χ2v) is 7.48. The molecule has 0 atom stereocenters. The third kappa shape index (κ3) is 3.41. The molecule has 1 aromatic heterocycles. The van der Waals surface area contributed by atoms with Crippen LogP contribution in [0.4, 0.5) is 10.1 Å². The summed E-state index contributed by atoms with van der Waals surface area (Å²) in [7, 11) is -3.79. The molecule has 25 heavy (non-hydrogen) atoms. The van der Waals surface area contributed by atoms with E-state index in [-0.39, 0.29) is 10.7 Å². The molecule has 130 valence electrons. The summed E-state index contributed by atoms with van der Waals surface area (Å²) in [6.45, 7) is 5.20. The lowest BCUT2D eigenvalue weighted by Crippen LogP contribution is -2.15. The molecule has 0 radical (unpaired) electrons. The predicted octanol–water partition coefficient (Wildman–Crippen LogP) is 3.74. The molecule has 3 aromatic rings. The Morgan fingerprint density at radius 1 is 1.04 bits per heavy atom. The first-order valence-electron chi connectivity index (χ1n) is 7.69. The van der Waals surface area contributed by atoms with E-state index in [1.807, 2.05) is 13.0 Å². The fraction of sp³-hybridized carbons (Fsp3) is 0.167. The standard InChI is InChI=1S/C18H18FN3O2S/c1-12-5-4-6-16(11-12)21-25(23,24)18-13(2)20-22(14(18)3)17-9-7-15(19)8-10-17/h4-11,21H,1-3H3. The van der Waals surface area contributed by atoms with E-state index in [4.69, 9.17) is 0 Å². The van der Waals surface area contributed by atoms with E-state index in [1.165, 1.54) is 16.8 Å². The SMILES string of the molecule is Cc1cccc(NS(=O)(=O)c2c(C)nn(-c3ccc(F)cc3)c2C)c1. The van der Waals surface area contributed by atoms with Crippen LogP contribution in [0.15, 0.2) is 53.4 Å². The fourth-order valence-electron chi connectivity index (χ4n) is 2.77. The molecule has 1 N–H and O–H groups in total. The van der Waals surface area contributed by atoms with Gasteiger partial charge in [0.2, 0.25) is 0 Å². The molecule has 1 heterocycles. The highest BCUT2D eigenvalue weighted by molar-refractivity contribution is 7.92. The van der Waals surface area contributed by atoms with Crippen LogP contribution in [0.25, 0.3) is 5.69 Å². The van der Waals surface area contributed by atoms with Gasteiger partial charge in [0.1, 0.15) is 10.7 Å². The molecule has 5 nitrogen and oxygen atoms in total. The summed E-state index contributed by atoms with van der Waals surface area (Å²) >= 11 is 0. The number of aromatic nitrogens is 2. The van der Waals surface area contributed by atoms with Crippen molar-refractivity contribution in [1.29, 1.82) is 0 Å². The molecule has 0 saturated heterocycles. The molecule has 0 aliphatic heterocycles. The minimum absolute atomic E-state index is 0.123. The Balaban J connectivity index is 2.03. The topological polar surface area (TPSA) is 64.0 Å². The van der Waals surface area contributed by atoms with Gasteiger partial charge in [0.15, 0.2) is 0 Å². The summed E-state index contributed by atoms with van der Waals surface area (Å²) in [6.07, 6.45) is 0. The minimum atomic E-state index is -3.79. The Morgan fingerprint density at radius 3 is 2.36 bits per heavy atom. The molecule has 0 aliphatic carbocycles. The maximum Gasteiger partial charge on any atom is 0.265 e. The first-order valence-corrected chi connectivity index (χ1v) is 9.18. The lowest BCUT2D eigenvalue weighted by atomic mass is 10.2. The van der Waals surface area contributed by atoms with Crippen LogP contribution in [-0.2, 0) is 10.0 Å². The molecule has 0 aliphatic rings. The van der Waals surface area contributed by atoms with Crippen molar-refractivity contribution in [2.45, 2.75) is 25.7 Å². The molecule has 0 saturated carbocycles. The Kier molecular flexibility index (Phi) is 4.34. The Bertz CT molecular complexity index is 1020. The number of hydrogen-bond donors (Lipinski definition) is 1. The summed E-state index contributed by atoms with van der Waals surface area (Å²) in [5.41, 5.74) is 2.88. The first-order chi connectivity index (χ1) is 11.8. The zero-order chi connectivity index (χ0) is 18.2. The smallest absolute Gasteiger partial charge is 0.265 e. The molecular weight excluding hydrogens is 341 g/mol. The van der Waals surface area contributed by atoms with E-state index in [0.29, 0.717) is 22.8 Å². The molecule has 0 fully saturated rings. The van der Waals surface area contributed by atoms with Crippen molar-refractivity contribution in [3.63, 3.8) is 0 Å². The quantitative estimate of drug-likeness (QED) is 0.772. The summed E-state index contributed by atoms with van der Waals surface area (Å²) in [6, 6.07) is 12.9. The van der Waals surface area contributed by atoms with Crippen molar-refractivity contribution in [2.75, 3.05) is 4.72 Å². The summed E-state index contributed by atoms with van der Waals surface area (Å²) < 4.78 is 42.9. The highest BCUT2D eigenvalue weighted by atomic mass is 32.2. The Labute approximate surface area is 146 Å². The second kappa shape index (κ2) is 6.33. The van der Waals surface area contributed by atoms with Gasteiger partial charge in [-0.25, -0.2) is 17.5 Å². The van der Waals surface area contributed by atoms with Gasteiger partial charge in [0.25, 0.3) is 10.0 Å². The van der Waals surface area contributed by atoms with Gasteiger partial charge in [0, 0.05) is 5.69 Å². The second-order valence-electron chi connectivity index (χ2n) is 5.86. The average molecular weight is 359 g/mol. The minimum Gasteiger partial charge on any atom is -0.280 e. The van der Waals surface area contributed by atoms with Crippen molar-refractivity contribution in [2.24, 2.45) is 0 Å². The van der Waals surface area contributed by atoms with Crippen molar-refractivity contribution in [1.82, 2.24) is 9.78 Å². The Morgan fingerprint density at radius 2 is 1.72 bits per heavy atom. The van der Waals surface area contributed by atoms with E-state index in [0.717, 1.165) is 5.56 Å². The molecular formula is C18H18FN3O2S. The predicted molar refractivity (Wildman–Crippen MR) is 95.0 cm³/mol. The van der Waals surface area contributed by atoms with Gasteiger partial charge in [0.05, 0.1) is 17.1 Å². The molecule has 7 heteroatoms. The van der Waals surface area contributed by atoms with Crippen LogP contribution in [0, 0.1) is 26.6 Å². The number of hydrogen-bond acceptors (Lipinski definition) is 3. The highest BCUT2D eigenvalue weighted by Gasteiger charge is 2.25. The average Bonchev–Trinajstić information content (AvgIpc) is 2.83. The van der Waals surface area contributed by atoms with E-state index < -0.39 is 10.0 Å². The largest absolute Gasteiger partial charge is 0.280 e. The van der Waals surface area contributed by atoms with Gasteiger partial charge >= 0.3 is 0 Å². The van der Waals surface area contributed by atoms with E-state index in [2.05, 4.69) is 9.82 Å². The third-order valence-electron chi connectivity index (χ3n) is 3.84. The van der Waals surface area contributed by atoms with Crippen LogP contribution in [0.2, 0.25) is 0 Å². The number of aryl methyl sites for hydroxylation is 2. The van der Waals surface area contributed by atoms with Crippen LogP contribution in [0.5, 0.6) is 0 Å². The highest BCUT2D eigenvalue weighted by Crippen LogP contribution is 2.25. The number of benzene rings is 2. The molecule has 2 aromatic carbocycles. The van der Waals surface area contributed by atoms with Gasteiger partial charge in [-0.3, -0.25) is 4.72 Å². The van der Waals surface area contributed by atoms with Gasteiger partial charge in [-0.2, -0.15) is 5.10 Å². The van der Waals surface area contributed by atoms with Crippen molar-refractivity contribution in [3.05, 3.63) is 71.3 Å².